The van der Waals surface area contributed by atoms with Crippen LogP contribution in [0.1, 0.15) is 40.4 Å². The summed E-state index contributed by atoms with van der Waals surface area (Å²) in [6.07, 6.45) is 3.18. The lowest BCUT2D eigenvalue weighted by Crippen LogP contribution is -2.57. The third-order valence-electron chi connectivity index (χ3n) is 5.45. The van der Waals surface area contributed by atoms with Gasteiger partial charge in [-0.05, 0) is 43.6 Å². The molecule has 2 saturated heterocycles. The first-order valence-electron chi connectivity index (χ1n) is 9.16. The Hall–Kier alpha value is -2.15. The molecule has 2 fully saturated rings. The minimum absolute atomic E-state index is 0.0916. The number of amides is 2. The number of likely N-dealkylation sites (tertiary alicyclic amines) is 2. The Morgan fingerprint density at radius 1 is 1.42 bits per heavy atom. The summed E-state index contributed by atoms with van der Waals surface area (Å²) in [5.74, 6) is 0.819. The van der Waals surface area contributed by atoms with Crippen LogP contribution in [0.2, 0.25) is 0 Å². The largest absolute Gasteiger partial charge is 0.351 e. The molecule has 4 heterocycles. The van der Waals surface area contributed by atoms with Crippen LogP contribution in [0.3, 0.4) is 0 Å². The molecule has 2 atom stereocenters. The smallest absolute Gasteiger partial charge is 0.292 e. The first kappa shape index (κ1) is 17.3. The molecule has 2 aromatic rings. The van der Waals surface area contributed by atoms with Crippen LogP contribution in [0.25, 0.3) is 0 Å². The van der Waals surface area contributed by atoms with E-state index in [-0.39, 0.29) is 17.9 Å². The van der Waals surface area contributed by atoms with Crippen LogP contribution >= 0.6 is 11.3 Å². The number of thiophene rings is 1. The van der Waals surface area contributed by atoms with Crippen molar-refractivity contribution in [3.05, 3.63) is 39.9 Å². The molecule has 2 aromatic heterocycles. The second-order valence-corrected chi connectivity index (χ2v) is 8.19. The molecule has 2 amide bonds. The van der Waals surface area contributed by atoms with E-state index in [0.717, 1.165) is 25.8 Å². The lowest BCUT2D eigenvalue weighted by atomic mass is 9.83. The van der Waals surface area contributed by atoms with Gasteiger partial charge in [0.25, 0.3) is 5.91 Å². The minimum Gasteiger partial charge on any atom is -0.351 e. The summed E-state index contributed by atoms with van der Waals surface area (Å²) in [4.78, 5) is 30.3. The number of aromatic nitrogens is 1. The SMILES string of the molecule is Cc1cc(C(=O)N2CC[C@H]3[C@H](CCC(=O)N3CCc3cccs3)C2)on1. The molecular weight excluding hydrogens is 350 g/mol. The highest BCUT2D eigenvalue weighted by molar-refractivity contribution is 7.09. The van der Waals surface area contributed by atoms with Gasteiger partial charge in [-0.25, -0.2) is 0 Å². The van der Waals surface area contributed by atoms with E-state index in [1.807, 2.05) is 11.8 Å². The van der Waals surface area contributed by atoms with E-state index < -0.39 is 0 Å². The van der Waals surface area contributed by atoms with Crippen molar-refractivity contribution in [2.45, 2.75) is 38.6 Å². The highest BCUT2D eigenvalue weighted by Gasteiger charge is 2.40. The number of piperidine rings is 2. The lowest BCUT2D eigenvalue weighted by molar-refractivity contribution is -0.140. The fourth-order valence-corrected chi connectivity index (χ4v) is 4.83. The second-order valence-electron chi connectivity index (χ2n) is 7.15. The molecule has 0 saturated carbocycles. The summed E-state index contributed by atoms with van der Waals surface area (Å²) >= 11 is 1.74. The van der Waals surface area contributed by atoms with Gasteiger partial charge in [-0.3, -0.25) is 9.59 Å². The van der Waals surface area contributed by atoms with Crippen molar-refractivity contribution in [2.75, 3.05) is 19.6 Å². The molecule has 0 spiro atoms. The molecule has 2 aliphatic rings. The zero-order valence-electron chi connectivity index (χ0n) is 14.9. The van der Waals surface area contributed by atoms with Gasteiger partial charge in [0.2, 0.25) is 11.7 Å². The molecular formula is C19H23N3O3S. The molecule has 0 unspecified atom stereocenters. The highest BCUT2D eigenvalue weighted by Crippen LogP contribution is 2.32. The normalized spacial score (nSPS) is 23.2. The predicted molar refractivity (Wildman–Crippen MR) is 98.0 cm³/mol. The Bertz CT molecular complexity index is 786. The number of hydrogen-bond donors (Lipinski definition) is 0. The van der Waals surface area contributed by atoms with Crippen LogP contribution in [-0.4, -0.2) is 52.4 Å². The molecule has 2 aliphatic heterocycles. The average Bonchev–Trinajstić information content (AvgIpc) is 3.31. The van der Waals surface area contributed by atoms with Gasteiger partial charge >= 0.3 is 0 Å². The van der Waals surface area contributed by atoms with Gasteiger partial charge in [0.05, 0.1) is 5.69 Å². The van der Waals surface area contributed by atoms with E-state index >= 15 is 0 Å². The van der Waals surface area contributed by atoms with Gasteiger partial charge in [-0.1, -0.05) is 11.2 Å². The number of nitrogens with zero attached hydrogens (tertiary/aromatic N) is 3. The van der Waals surface area contributed by atoms with Crippen molar-refractivity contribution in [2.24, 2.45) is 5.92 Å². The van der Waals surface area contributed by atoms with E-state index in [0.29, 0.717) is 36.9 Å². The maximum absolute atomic E-state index is 12.6. The number of carbonyl (C=O) groups is 2. The molecule has 0 bridgehead atoms. The first-order chi connectivity index (χ1) is 12.6. The van der Waals surface area contributed by atoms with Crippen LogP contribution in [0.15, 0.2) is 28.1 Å². The van der Waals surface area contributed by atoms with Gasteiger partial charge in [-0.15, -0.1) is 11.3 Å². The molecule has 138 valence electrons. The van der Waals surface area contributed by atoms with Crippen LogP contribution < -0.4 is 0 Å². The standard InChI is InChI=1S/C19H23N3O3S/c1-13-11-17(25-20-13)19(24)21-8-7-16-14(12-21)4-5-18(23)22(16)9-6-15-3-2-10-26-15/h2-3,10-11,14,16H,4-9,12H2,1H3/t14-,16+/m1/s1. The molecule has 0 aromatic carbocycles. The summed E-state index contributed by atoms with van der Waals surface area (Å²) in [7, 11) is 0. The van der Waals surface area contributed by atoms with Crippen LogP contribution in [0.4, 0.5) is 0 Å². The zero-order valence-corrected chi connectivity index (χ0v) is 15.7. The quantitative estimate of drug-likeness (QED) is 0.826. The van der Waals surface area contributed by atoms with Crippen molar-refractivity contribution in [3.8, 4) is 0 Å². The minimum atomic E-state index is -0.0916. The van der Waals surface area contributed by atoms with Crippen molar-refractivity contribution in [1.82, 2.24) is 15.0 Å². The predicted octanol–water partition coefficient (Wildman–Crippen LogP) is 2.74. The van der Waals surface area contributed by atoms with E-state index in [9.17, 15) is 9.59 Å². The number of aryl methyl sites for hydroxylation is 1. The van der Waals surface area contributed by atoms with Gasteiger partial charge in [0.1, 0.15) is 0 Å². The van der Waals surface area contributed by atoms with Crippen molar-refractivity contribution < 1.29 is 14.1 Å². The van der Waals surface area contributed by atoms with Gasteiger partial charge in [-0.2, -0.15) is 0 Å². The van der Waals surface area contributed by atoms with Crippen molar-refractivity contribution in [3.63, 3.8) is 0 Å². The molecule has 6 nitrogen and oxygen atoms in total. The van der Waals surface area contributed by atoms with Crippen molar-refractivity contribution in [1.29, 1.82) is 0 Å². The maximum Gasteiger partial charge on any atom is 0.292 e. The third-order valence-corrected chi connectivity index (χ3v) is 6.38. The zero-order chi connectivity index (χ0) is 18.1. The molecule has 4 rings (SSSR count). The Kier molecular flexibility index (Phi) is 4.80. The van der Waals surface area contributed by atoms with E-state index in [1.54, 1.807) is 17.4 Å². The van der Waals surface area contributed by atoms with E-state index in [2.05, 4.69) is 27.6 Å². The third kappa shape index (κ3) is 3.40. The highest BCUT2D eigenvalue weighted by atomic mass is 32.1. The molecule has 0 radical (unpaired) electrons. The summed E-state index contributed by atoms with van der Waals surface area (Å²) < 4.78 is 5.13. The van der Waals surface area contributed by atoms with E-state index in [4.69, 9.17) is 4.52 Å². The van der Waals surface area contributed by atoms with Gasteiger partial charge in [0.15, 0.2) is 0 Å². The molecule has 0 N–H and O–H groups in total. The van der Waals surface area contributed by atoms with Gasteiger partial charge in [0, 0.05) is 43.0 Å². The second kappa shape index (κ2) is 7.23. The Labute approximate surface area is 156 Å². The molecule has 0 aliphatic carbocycles. The van der Waals surface area contributed by atoms with E-state index in [1.165, 1.54) is 4.88 Å². The monoisotopic (exact) mass is 373 g/mol. The Balaban J connectivity index is 1.41. The number of rotatable bonds is 4. The number of fused-ring (bicyclic) bond motifs is 1. The summed E-state index contributed by atoms with van der Waals surface area (Å²) in [5.41, 5.74) is 0.714. The van der Waals surface area contributed by atoms with Crippen molar-refractivity contribution >= 4 is 23.2 Å². The van der Waals surface area contributed by atoms with Gasteiger partial charge < -0.3 is 14.3 Å². The maximum atomic E-state index is 12.6. The molecule has 26 heavy (non-hydrogen) atoms. The number of carbonyl (C=O) groups excluding carboxylic acids is 2. The summed E-state index contributed by atoms with van der Waals surface area (Å²) in [5, 5.41) is 5.89. The lowest BCUT2D eigenvalue weighted by Gasteiger charge is -2.47. The average molecular weight is 373 g/mol. The summed E-state index contributed by atoms with van der Waals surface area (Å²) in [6, 6.07) is 6.11. The fraction of sp³-hybridized carbons (Fsp3) is 0.526. The summed E-state index contributed by atoms with van der Waals surface area (Å²) in [6.45, 7) is 3.93. The number of hydrogen-bond acceptors (Lipinski definition) is 5. The fourth-order valence-electron chi connectivity index (χ4n) is 4.13. The Morgan fingerprint density at radius 3 is 3.04 bits per heavy atom. The Morgan fingerprint density at radius 2 is 2.31 bits per heavy atom. The van der Waals surface area contributed by atoms with Crippen LogP contribution in [0.5, 0.6) is 0 Å². The van der Waals surface area contributed by atoms with Crippen LogP contribution in [0, 0.1) is 12.8 Å². The molecule has 7 heteroatoms. The van der Waals surface area contributed by atoms with Crippen LogP contribution in [-0.2, 0) is 11.2 Å². The first-order valence-corrected chi connectivity index (χ1v) is 10.0. The topological polar surface area (TPSA) is 66.7 Å².